The Morgan fingerprint density at radius 1 is 1.19 bits per heavy atom. The molecule has 1 aromatic heterocycles. The molecule has 2 rings (SSSR count). The molecular formula is C17H23ClN2O. The Hall–Kier alpha value is -1.61. The SMILES string of the molecule is CC(C)(C)c1ccc(CCC(=O)Cn2ccnc2)cc1.Cl. The van der Waals surface area contributed by atoms with Crippen LogP contribution in [0, 0.1) is 0 Å². The average molecular weight is 307 g/mol. The zero-order valence-electron chi connectivity index (χ0n) is 12.9. The van der Waals surface area contributed by atoms with Crippen LogP contribution in [-0.4, -0.2) is 15.3 Å². The van der Waals surface area contributed by atoms with E-state index in [0.29, 0.717) is 13.0 Å². The lowest BCUT2D eigenvalue weighted by molar-refractivity contribution is -0.119. The number of rotatable bonds is 5. The topological polar surface area (TPSA) is 34.9 Å². The fraction of sp³-hybridized carbons (Fsp3) is 0.412. The van der Waals surface area contributed by atoms with Crippen LogP contribution in [0.2, 0.25) is 0 Å². The molecule has 1 aromatic carbocycles. The van der Waals surface area contributed by atoms with E-state index < -0.39 is 0 Å². The number of ketones is 1. The van der Waals surface area contributed by atoms with Crippen LogP contribution in [0.4, 0.5) is 0 Å². The maximum absolute atomic E-state index is 11.9. The van der Waals surface area contributed by atoms with E-state index in [-0.39, 0.29) is 23.6 Å². The van der Waals surface area contributed by atoms with Crippen molar-refractivity contribution in [2.75, 3.05) is 0 Å². The lowest BCUT2D eigenvalue weighted by Crippen LogP contribution is -2.11. The van der Waals surface area contributed by atoms with Crippen molar-refractivity contribution >= 4 is 18.2 Å². The molecule has 0 radical (unpaired) electrons. The molecule has 0 unspecified atom stereocenters. The largest absolute Gasteiger partial charge is 0.330 e. The number of hydrogen-bond donors (Lipinski definition) is 0. The van der Waals surface area contributed by atoms with Crippen molar-refractivity contribution in [3.05, 3.63) is 54.1 Å². The standard InChI is InChI=1S/C17H22N2O.ClH/c1-17(2,3)15-7-4-14(5-8-15)6-9-16(20)12-19-11-10-18-13-19;/h4-5,7-8,10-11,13H,6,9,12H2,1-3H3;1H. The molecule has 0 aliphatic carbocycles. The second-order valence-corrected chi connectivity index (χ2v) is 6.22. The van der Waals surface area contributed by atoms with Crippen LogP contribution >= 0.6 is 12.4 Å². The average Bonchev–Trinajstić information content (AvgIpc) is 2.88. The van der Waals surface area contributed by atoms with Crippen LogP contribution in [-0.2, 0) is 23.2 Å². The van der Waals surface area contributed by atoms with Crippen LogP contribution in [0.15, 0.2) is 43.0 Å². The van der Waals surface area contributed by atoms with Gasteiger partial charge in [0.2, 0.25) is 0 Å². The molecule has 0 atom stereocenters. The third kappa shape index (κ3) is 5.35. The smallest absolute Gasteiger partial charge is 0.152 e. The molecule has 1 heterocycles. The number of nitrogens with zero attached hydrogens (tertiary/aromatic N) is 2. The van der Waals surface area contributed by atoms with Gasteiger partial charge >= 0.3 is 0 Å². The van der Waals surface area contributed by atoms with E-state index in [4.69, 9.17) is 0 Å². The lowest BCUT2D eigenvalue weighted by Gasteiger charge is -2.19. The number of Topliss-reactive ketones (excluding diaryl/α,β-unsaturated/α-hetero) is 1. The molecule has 0 bridgehead atoms. The summed E-state index contributed by atoms with van der Waals surface area (Å²) in [6.07, 6.45) is 6.57. The van der Waals surface area contributed by atoms with E-state index in [9.17, 15) is 4.79 Å². The minimum Gasteiger partial charge on any atom is -0.330 e. The van der Waals surface area contributed by atoms with Crippen LogP contribution in [0.25, 0.3) is 0 Å². The lowest BCUT2D eigenvalue weighted by atomic mass is 9.86. The summed E-state index contributed by atoms with van der Waals surface area (Å²) in [7, 11) is 0. The van der Waals surface area contributed by atoms with Crippen molar-refractivity contribution in [2.24, 2.45) is 0 Å². The second-order valence-electron chi connectivity index (χ2n) is 6.22. The predicted octanol–water partition coefficient (Wildman–Crippen LogP) is 3.80. The summed E-state index contributed by atoms with van der Waals surface area (Å²) in [5, 5.41) is 0. The fourth-order valence-electron chi connectivity index (χ4n) is 2.12. The van der Waals surface area contributed by atoms with Crippen LogP contribution in [0.5, 0.6) is 0 Å². The van der Waals surface area contributed by atoms with Crippen LogP contribution in [0.3, 0.4) is 0 Å². The Morgan fingerprint density at radius 2 is 1.86 bits per heavy atom. The van der Waals surface area contributed by atoms with Gasteiger partial charge in [-0.2, -0.15) is 0 Å². The van der Waals surface area contributed by atoms with Gasteiger partial charge in [0.15, 0.2) is 5.78 Å². The number of halogens is 1. The number of imidazole rings is 1. The van der Waals surface area contributed by atoms with Crippen molar-refractivity contribution in [3.63, 3.8) is 0 Å². The van der Waals surface area contributed by atoms with E-state index in [1.807, 2.05) is 10.8 Å². The summed E-state index contributed by atoms with van der Waals surface area (Å²) in [6.45, 7) is 7.03. The quantitative estimate of drug-likeness (QED) is 0.842. The van der Waals surface area contributed by atoms with E-state index in [2.05, 4.69) is 50.0 Å². The van der Waals surface area contributed by atoms with Gasteiger partial charge in [-0.1, -0.05) is 45.0 Å². The summed E-state index contributed by atoms with van der Waals surface area (Å²) in [5.41, 5.74) is 2.72. The van der Waals surface area contributed by atoms with Gasteiger partial charge in [-0.25, -0.2) is 4.98 Å². The summed E-state index contributed by atoms with van der Waals surface area (Å²) >= 11 is 0. The number of carbonyl (C=O) groups excluding carboxylic acids is 1. The molecule has 3 nitrogen and oxygen atoms in total. The maximum Gasteiger partial charge on any atom is 0.152 e. The van der Waals surface area contributed by atoms with E-state index in [1.54, 1.807) is 12.5 Å². The highest BCUT2D eigenvalue weighted by Gasteiger charge is 2.13. The number of carbonyl (C=O) groups is 1. The highest BCUT2D eigenvalue weighted by atomic mass is 35.5. The van der Waals surface area contributed by atoms with Gasteiger partial charge in [0.1, 0.15) is 0 Å². The first kappa shape index (κ1) is 17.4. The van der Waals surface area contributed by atoms with Gasteiger partial charge < -0.3 is 4.57 Å². The van der Waals surface area contributed by atoms with Crippen molar-refractivity contribution in [1.82, 2.24) is 9.55 Å². The molecule has 0 aliphatic rings. The molecule has 114 valence electrons. The molecule has 2 aromatic rings. The Bertz CT molecular complexity index is 553. The molecule has 0 N–H and O–H groups in total. The molecule has 21 heavy (non-hydrogen) atoms. The summed E-state index contributed by atoms with van der Waals surface area (Å²) in [6, 6.07) is 8.58. The Balaban J connectivity index is 0.00000220. The van der Waals surface area contributed by atoms with E-state index >= 15 is 0 Å². The van der Waals surface area contributed by atoms with Crippen LogP contribution < -0.4 is 0 Å². The summed E-state index contributed by atoms with van der Waals surface area (Å²) in [4.78, 5) is 15.8. The van der Waals surface area contributed by atoms with E-state index in [0.717, 1.165) is 6.42 Å². The molecule has 4 heteroatoms. The number of hydrogen-bond acceptors (Lipinski definition) is 2. The highest BCUT2D eigenvalue weighted by Crippen LogP contribution is 2.22. The monoisotopic (exact) mass is 306 g/mol. The minimum absolute atomic E-state index is 0. The molecular weight excluding hydrogens is 284 g/mol. The minimum atomic E-state index is 0. The molecule has 0 saturated heterocycles. The third-order valence-corrected chi connectivity index (χ3v) is 3.43. The zero-order chi connectivity index (χ0) is 14.6. The van der Waals surface area contributed by atoms with Gasteiger partial charge in [-0.05, 0) is 23.0 Å². The molecule has 0 saturated carbocycles. The van der Waals surface area contributed by atoms with Gasteiger partial charge in [-0.3, -0.25) is 4.79 Å². The zero-order valence-corrected chi connectivity index (χ0v) is 13.7. The van der Waals surface area contributed by atoms with Crippen molar-refractivity contribution in [2.45, 2.75) is 45.6 Å². The number of aromatic nitrogens is 2. The first-order valence-corrected chi connectivity index (χ1v) is 7.02. The van der Waals surface area contributed by atoms with Crippen molar-refractivity contribution in [1.29, 1.82) is 0 Å². The Kier molecular flexibility index (Phi) is 6.16. The normalized spacial score (nSPS) is 11.0. The van der Waals surface area contributed by atoms with Gasteiger partial charge in [0.25, 0.3) is 0 Å². The van der Waals surface area contributed by atoms with Gasteiger partial charge in [-0.15, -0.1) is 12.4 Å². The number of benzene rings is 1. The molecule has 0 aliphatic heterocycles. The summed E-state index contributed by atoms with van der Waals surface area (Å²) < 4.78 is 1.81. The third-order valence-electron chi connectivity index (χ3n) is 3.43. The molecule has 0 amide bonds. The Labute approximate surface area is 132 Å². The predicted molar refractivity (Wildman–Crippen MR) is 87.9 cm³/mol. The van der Waals surface area contributed by atoms with Crippen molar-refractivity contribution < 1.29 is 4.79 Å². The Morgan fingerprint density at radius 3 is 2.38 bits per heavy atom. The van der Waals surface area contributed by atoms with Gasteiger partial charge in [0.05, 0.1) is 12.9 Å². The fourth-order valence-corrected chi connectivity index (χ4v) is 2.12. The van der Waals surface area contributed by atoms with Crippen molar-refractivity contribution in [3.8, 4) is 0 Å². The van der Waals surface area contributed by atoms with E-state index in [1.165, 1.54) is 11.1 Å². The van der Waals surface area contributed by atoms with Crippen LogP contribution in [0.1, 0.15) is 38.3 Å². The molecule has 0 fully saturated rings. The summed E-state index contributed by atoms with van der Waals surface area (Å²) in [5.74, 6) is 0.239. The first-order chi connectivity index (χ1) is 9.45. The second kappa shape index (κ2) is 7.41. The maximum atomic E-state index is 11.9. The van der Waals surface area contributed by atoms with Gasteiger partial charge in [0, 0.05) is 18.8 Å². The highest BCUT2D eigenvalue weighted by molar-refractivity contribution is 5.85. The number of aryl methyl sites for hydroxylation is 1. The first-order valence-electron chi connectivity index (χ1n) is 7.02. The molecule has 0 spiro atoms.